The summed E-state index contributed by atoms with van der Waals surface area (Å²) in [6.45, 7) is 9.54. The van der Waals surface area contributed by atoms with Gasteiger partial charge in [0.05, 0.1) is 27.3 Å². The number of H-pyrrole nitrogens is 1. The monoisotopic (exact) mass is 551 g/mol. The summed E-state index contributed by atoms with van der Waals surface area (Å²) in [5, 5.41) is 15.5. The largest absolute Gasteiger partial charge is 0.491 e. The average Bonchev–Trinajstić information content (AvgIpc) is 3.23. The number of aryl methyl sites for hydroxylation is 1. The maximum atomic E-state index is 12.0. The van der Waals surface area contributed by atoms with Crippen LogP contribution in [0.5, 0.6) is 17.5 Å². The van der Waals surface area contributed by atoms with Crippen LogP contribution >= 0.6 is 11.6 Å². The van der Waals surface area contributed by atoms with Crippen molar-refractivity contribution in [1.29, 1.82) is 0 Å². The van der Waals surface area contributed by atoms with Crippen LogP contribution in [0.25, 0.3) is 22.4 Å². The molecule has 10 nitrogen and oxygen atoms in total. The van der Waals surface area contributed by atoms with E-state index in [9.17, 15) is 14.7 Å². The van der Waals surface area contributed by atoms with Gasteiger partial charge in [-0.2, -0.15) is 4.98 Å². The lowest BCUT2D eigenvalue weighted by molar-refractivity contribution is 0.0695. The summed E-state index contributed by atoms with van der Waals surface area (Å²) >= 11 is 6.53. The molecule has 2 amide bonds. The number of halogens is 1. The number of aromatic nitrogens is 3. The van der Waals surface area contributed by atoms with Gasteiger partial charge in [0.15, 0.2) is 5.65 Å². The molecule has 39 heavy (non-hydrogen) atoms. The molecule has 0 aliphatic heterocycles. The number of carboxylic acid groups (broad SMARTS) is 1. The molecule has 0 radical (unpaired) electrons. The molecule has 0 spiro atoms. The maximum absolute atomic E-state index is 12.0. The Morgan fingerprint density at radius 1 is 1.08 bits per heavy atom. The lowest BCUT2D eigenvalue weighted by Crippen LogP contribution is -2.52. The SMILES string of the molecule is Cc1ccc(Oc2nc3nc(-c4ccc(OCC(C)(C)NC(=O)NC(C)C)cc4)c(Cl)cc3[nH]2)cc1C(=O)O. The topological polar surface area (TPSA) is 138 Å². The van der Waals surface area contributed by atoms with Crippen molar-refractivity contribution in [3.05, 3.63) is 64.7 Å². The number of hydrogen-bond acceptors (Lipinski definition) is 6. The molecule has 0 atom stereocenters. The van der Waals surface area contributed by atoms with Gasteiger partial charge in [-0.1, -0.05) is 17.7 Å². The lowest BCUT2D eigenvalue weighted by atomic mass is 10.1. The van der Waals surface area contributed by atoms with E-state index in [-0.39, 0.29) is 30.3 Å². The summed E-state index contributed by atoms with van der Waals surface area (Å²) in [7, 11) is 0. The van der Waals surface area contributed by atoms with E-state index in [1.54, 1.807) is 37.3 Å². The van der Waals surface area contributed by atoms with Crippen LogP contribution in [0, 0.1) is 6.92 Å². The van der Waals surface area contributed by atoms with Crippen LogP contribution in [0.4, 0.5) is 4.79 Å². The number of imidazole rings is 1. The molecule has 0 unspecified atom stereocenters. The minimum atomic E-state index is -1.04. The number of amides is 2. The van der Waals surface area contributed by atoms with Gasteiger partial charge in [0.2, 0.25) is 0 Å². The normalized spacial score (nSPS) is 11.5. The molecule has 4 rings (SSSR count). The van der Waals surface area contributed by atoms with E-state index < -0.39 is 11.5 Å². The Balaban J connectivity index is 1.47. The fourth-order valence-corrected chi connectivity index (χ4v) is 4.03. The molecule has 2 aromatic heterocycles. The highest BCUT2D eigenvalue weighted by atomic mass is 35.5. The number of rotatable bonds is 9. The Morgan fingerprint density at radius 2 is 1.77 bits per heavy atom. The minimum Gasteiger partial charge on any atom is -0.491 e. The van der Waals surface area contributed by atoms with Crippen LogP contribution < -0.4 is 20.1 Å². The Kier molecular flexibility index (Phi) is 7.96. The zero-order chi connectivity index (χ0) is 28.3. The van der Waals surface area contributed by atoms with Gasteiger partial charge < -0.3 is 30.2 Å². The van der Waals surface area contributed by atoms with Crippen molar-refractivity contribution in [3.8, 4) is 28.8 Å². The van der Waals surface area contributed by atoms with Gasteiger partial charge in [0, 0.05) is 11.6 Å². The standard InChI is InChI=1S/C28H30ClN5O5/c1-15(2)30-26(37)34-28(4,5)14-38-18-10-7-17(8-11-18)23-21(29)13-22-24(32-23)33-27(31-22)39-19-9-6-16(3)20(12-19)25(35)36/h6-13,15H,14H2,1-5H3,(H,35,36)(H2,30,34,37)(H,31,32,33). The van der Waals surface area contributed by atoms with E-state index in [2.05, 4.69) is 25.6 Å². The van der Waals surface area contributed by atoms with Gasteiger partial charge in [0.25, 0.3) is 0 Å². The molecule has 0 fully saturated rings. The third-order valence-electron chi connectivity index (χ3n) is 5.66. The first kappa shape index (κ1) is 27.7. The van der Waals surface area contributed by atoms with E-state index >= 15 is 0 Å². The number of aromatic amines is 1. The molecule has 2 aromatic carbocycles. The number of aromatic carboxylic acids is 1. The number of carboxylic acids is 1. The van der Waals surface area contributed by atoms with E-state index in [1.807, 2.05) is 39.8 Å². The number of pyridine rings is 1. The number of benzene rings is 2. The highest BCUT2D eigenvalue weighted by Crippen LogP contribution is 2.31. The zero-order valence-electron chi connectivity index (χ0n) is 22.3. The quantitative estimate of drug-likeness (QED) is 0.202. The fourth-order valence-electron chi connectivity index (χ4n) is 3.77. The van der Waals surface area contributed by atoms with Gasteiger partial charge in [-0.05, 0) is 82.6 Å². The first-order valence-electron chi connectivity index (χ1n) is 12.3. The first-order chi connectivity index (χ1) is 18.4. The Labute approximate surface area is 230 Å². The van der Waals surface area contributed by atoms with Crippen molar-refractivity contribution in [2.75, 3.05) is 6.61 Å². The molecule has 2 heterocycles. The second kappa shape index (κ2) is 11.2. The number of ether oxygens (including phenoxy) is 2. The molecular weight excluding hydrogens is 522 g/mol. The number of fused-ring (bicyclic) bond motifs is 1. The van der Waals surface area contributed by atoms with Gasteiger partial charge in [-0.25, -0.2) is 14.6 Å². The zero-order valence-corrected chi connectivity index (χ0v) is 23.0. The van der Waals surface area contributed by atoms with Gasteiger partial charge in [0.1, 0.15) is 18.1 Å². The molecule has 0 bridgehead atoms. The number of carbonyl (C=O) groups is 2. The van der Waals surface area contributed by atoms with Crippen molar-refractivity contribution in [1.82, 2.24) is 25.6 Å². The van der Waals surface area contributed by atoms with Crippen LogP contribution in [0.15, 0.2) is 48.5 Å². The molecule has 0 aliphatic carbocycles. The van der Waals surface area contributed by atoms with E-state index in [0.717, 1.165) is 5.56 Å². The van der Waals surface area contributed by atoms with E-state index in [0.29, 0.717) is 38.9 Å². The van der Waals surface area contributed by atoms with Crippen LogP contribution in [-0.4, -0.2) is 50.2 Å². The third-order valence-corrected chi connectivity index (χ3v) is 5.95. The van der Waals surface area contributed by atoms with Gasteiger partial charge >= 0.3 is 18.0 Å². The van der Waals surface area contributed by atoms with Crippen molar-refractivity contribution in [2.45, 2.75) is 46.2 Å². The Morgan fingerprint density at radius 3 is 2.44 bits per heavy atom. The molecule has 0 aliphatic rings. The van der Waals surface area contributed by atoms with Crippen molar-refractivity contribution < 1.29 is 24.2 Å². The molecule has 204 valence electrons. The molecular formula is C28H30ClN5O5. The summed E-state index contributed by atoms with van der Waals surface area (Å²) in [6.07, 6.45) is 0. The number of nitrogens with one attached hydrogen (secondary N) is 3. The van der Waals surface area contributed by atoms with Gasteiger partial charge in [-0.15, -0.1) is 0 Å². The van der Waals surface area contributed by atoms with Crippen LogP contribution in [-0.2, 0) is 0 Å². The highest BCUT2D eigenvalue weighted by Gasteiger charge is 2.22. The Hall–Kier alpha value is -4.31. The summed E-state index contributed by atoms with van der Waals surface area (Å²) in [5.41, 5.74) is 2.45. The third kappa shape index (κ3) is 6.97. The van der Waals surface area contributed by atoms with Crippen molar-refractivity contribution >= 4 is 34.8 Å². The molecule has 4 N–H and O–H groups in total. The number of carbonyl (C=O) groups excluding carboxylic acids is 1. The molecule has 4 aromatic rings. The summed E-state index contributed by atoms with van der Waals surface area (Å²) in [5.74, 6) is -0.0752. The fraction of sp³-hybridized carbons (Fsp3) is 0.286. The van der Waals surface area contributed by atoms with Crippen LogP contribution in [0.2, 0.25) is 5.02 Å². The smallest absolute Gasteiger partial charge is 0.336 e. The first-order valence-corrected chi connectivity index (χ1v) is 12.7. The minimum absolute atomic E-state index is 0.0368. The van der Waals surface area contributed by atoms with Crippen LogP contribution in [0.3, 0.4) is 0 Å². The number of nitrogens with zero attached hydrogens (tertiary/aromatic N) is 2. The lowest BCUT2D eigenvalue weighted by Gasteiger charge is -2.27. The van der Waals surface area contributed by atoms with Crippen molar-refractivity contribution in [3.63, 3.8) is 0 Å². The summed E-state index contributed by atoms with van der Waals surface area (Å²) < 4.78 is 11.6. The molecule has 11 heteroatoms. The number of hydrogen-bond donors (Lipinski definition) is 4. The summed E-state index contributed by atoms with van der Waals surface area (Å²) in [6, 6.07) is 13.7. The Bertz CT molecular complexity index is 1520. The molecule has 0 saturated carbocycles. The predicted octanol–water partition coefficient (Wildman–Crippen LogP) is 5.94. The average molecular weight is 552 g/mol. The van der Waals surface area contributed by atoms with E-state index in [4.69, 9.17) is 21.1 Å². The molecule has 0 saturated heterocycles. The van der Waals surface area contributed by atoms with Crippen LogP contribution in [0.1, 0.15) is 43.6 Å². The van der Waals surface area contributed by atoms with Gasteiger partial charge in [-0.3, -0.25) is 0 Å². The van der Waals surface area contributed by atoms with E-state index in [1.165, 1.54) is 6.07 Å². The summed E-state index contributed by atoms with van der Waals surface area (Å²) in [4.78, 5) is 35.4. The number of urea groups is 1. The highest BCUT2D eigenvalue weighted by molar-refractivity contribution is 6.33. The van der Waals surface area contributed by atoms with Crippen molar-refractivity contribution in [2.24, 2.45) is 0 Å². The second-order valence-corrected chi connectivity index (χ2v) is 10.5. The predicted molar refractivity (Wildman–Crippen MR) is 149 cm³/mol. The second-order valence-electron chi connectivity index (χ2n) is 10.1. The maximum Gasteiger partial charge on any atom is 0.336 e.